The smallest absolute Gasteiger partial charge is 0.260 e. The summed E-state index contributed by atoms with van der Waals surface area (Å²) in [7, 11) is -2.07. The van der Waals surface area contributed by atoms with Gasteiger partial charge < -0.3 is 14.8 Å². The number of nitrogens with zero attached hydrogens (tertiary/aromatic N) is 4. The fourth-order valence-corrected chi connectivity index (χ4v) is 5.15. The molecule has 0 saturated heterocycles. The van der Waals surface area contributed by atoms with Crippen LogP contribution >= 0.6 is 11.3 Å². The largest absolute Gasteiger partial charge is 0.477 e. The number of sulfonamides is 1. The summed E-state index contributed by atoms with van der Waals surface area (Å²) < 4.78 is 37.3. The molecule has 3 rings (SSSR count). The SMILES string of the molecule is C=N/C=C(\N=C(/C)c1ccc(NC(=O)C(OC)c2csc(NS(=O)(=O)C3CC3)n2)nc1)OCC. The quantitative estimate of drug-likeness (QED) is 0.332. The van der Waals surface area contributed by atoms with Crippen LogP contribution in [0.1, 0.15) is 44.1 Å². The normalized spacial score (nSPS) is 15.5. The molecule has 1 atom stereocenters. The average Bonchev–Trinajstić information content (AvgIpc) is 3.57. The Morgan fingerprint density at radius 2 is 2.18 bits per heavy atom. The molecule has 0 spiro atoms. The molecule has 11 nitrogen and oxygen atoms in total. The first kappa shape index (κ1) is 25.5. The lowest BCUT2D eigenvalue weighted by atomic mass is 10.2. The molecule has 182 valence electrons. The van der Waals surface area contributed by atoms with Gasteiger partial charge in [-0.05, 0) is 45.5 Å². The molecule has 1 aliphatic rings. The number of nitrogens with one attached hydrogen (secondary N) is 2. The zero-order chi connectivity index (χ0) is 24.7. The number of hydrogen-bond donors (Lipinski definition) is 2. The van der Waals surface area contributed by atoms with Gasteiger partial charge >= 0.3 is 0 Å². The van der Waals surface area contributed by atoms with Crippen LogP contribution in [0.25, 0.3) is 0 Å². The van der Waals surface area contributed by atoms with Crippen molar-refractivity contribution >= 4 is 50.6 Å². The summed E-state index contributed by atoms with van der Waals surface area (Å²) in [4.78, 5) is 29.2. The predicted molar refractivity (Wildman–Crippen MR) is 132 cm³/mol. The third kappa shape index (κ3) is 6.68. The van der Waals surface area contributed by atoms with Crippen LogP contribution in [-0.2, 0) is 24.3 Å². The first-order chi connectivity index (χ1) is 16.3. The van der Waals surface area contributed by atoms with Gasteiger partial charge in [0.1, 0.15) is 5.82 Å². The lowest BCUT2D eigenvalue weighted by molar-refractivity contribution is -0.126. The van der Waals surface area contributed by atoms with E-state index >= 15 is 0 Å². The summed E-state index contributed by atoms with van der Waals surface area (Å²) >= 11 is 1.09. The third-order valence-corrected chi connectivity index (χ3v) is 7.39. The summed E-state index contributed by atoms with van der Waals surface area (Å²) in [6.07, 6.45) is 3.23. The van der Waals surface area contributed by atoms with Crippen LogP contribution in [0.4, 0.5) is 10.9 Å². The number of pyridine rings is 1. The maximum atomic E-state index is 12.8. The molecule has 2 N–H and O–H groups in total. The molecule has 1 amide bonds. The number of carbonyl (C=O) groups is 1. The molecule has 2 aromatic rings. The Kier molecular flexibility index (Phi) is 8.47. The first-order valence-corrected chi connectivity index (χ1v) is 12.8. The zero-order valence-electron chi connectivity index (χ0n) is 19.0. The number of aliphatic imine (C=N–C) groups is 2. The molecular weight excluding hydrogens is 480 g/mol. The lowest BCUT2D eigenvalue weighted by Gasteiger charge is -2.13. The summed E-state index contributed by atoms with van der Waals surface area (Å²) in [6, 6.07) is 3.38. The van der Waals surface area contributed by atoms with Crippen molar-refractivity contribution in [1.82, 2.24) is 9.97 Å². The molecule has 2 aromatic heterocycles. The maximum absolute atomic E-state index is 12.8. The highest BCUT2D eigenvalue weighted by atomic mass is 32.2. The van der Waals surface area contributed by atoms with E-state index in [9.17, 15) is 13.2 Å². The van der Waals surface area contributed by atoms with E-state index in [0.29, 0.717) is 42.6 Å². The van der Waals surface area contributed by atoms with E-state index in [-0.39, 0.29) is 10.4 Å². The number of aromatic nitrogens is 2. The summed E-state index contributed by atoms with van der Waals surface area (Å²) in [5.74, 6) is 0.146. The zero-order valence-corrected chi connectivity index (χ0v) is 20.6. The van der Waals surface area contributed by atoms with Gasteiger partial charge in [0.15, 0.2) is 11.2 Å². The molecule has 0 bridgehead atoms. The molecule has 1 aliphatic carbocycles. The van der Waals surface area contributed by atoms with E-state index in [4.69, 9.17) is 9.47 Å². The number of hydrogen-bond acceptors (Lipinski definition) is 10. The Morgan fingerprint density at radius 1 is 1.41 bits per heavy atom. The van der Waals surface area contributed by atoms with E-state index in [0.717, 1.165) is 16.9 Å². The van der Waals surface area contributed by atoms with Crippen LogP contribution in [0.3, 0.4) is 0 Å². The van der Waals surface area contributed by atoms with E-state index < -0.39 is 22.0 Å². The van der Waals surface area contributed by atoms with Crippen molar-refractivity contribution in [2.45, 2.75) is 38.0 Å². The van der Waals surface area contributed by atoms with Gasteiger partial charge in [0.05, 0.1) is 29.5 Å². The molecule has 0 radical (unpaired) electrons. The fraction of sp³-hybridized carbons (Fsp3) is 0.381. The van der Waals surface area contributed by atoms with Crippen LogP contribution < -0.4 is 10.0 Å². The topological polar surface area (TPSA) is 144 Å². The van der Waals surface area contributed by atoms with Gasteiger partial charge in [-0.25, -0.2) is 23.4 Å². The third-order valence-electron chi connectivity index (χ3n) is 4.66. The minimum Gasteiger partial charge on any atom is -0.477 e. The number of ether oxygens (including phenoxy) is 2. The maximum Gasteiger partial charge on any atom is 0.260 e. The average molecular weight is 507 g/mol. The van der Waals surface area contributed by atoms with Gasteiger partial charge in [-0.3, -0.25) is 14.5 Å². The van der Waals surface area contributed by atoms with Gasteiger partial charge in [0.25, 0.3) is 5.91 Å². The second-order valence-corrected chi connectivity index (χ2v) is 10.1. The Hall–Kier alpha value is -3.16. The lowest BCUT2D eigenvalue weighted by Crippen LogP contribution is -2.23. The van der Waals surface area contributed by atoms with Crippen molar-refractivity contribution in [2.24, 2.45) is 9.98 Å². The molecule has 13 heteroatoms. The van der Waals surface area contributed by atoms with Gasteiger partial charge in [-0.1, -0.05) is 0 Å². The Bertz CT molecular complexity index is 1190. The molecule has 1 fully saturated rings. The molecular formula is C21H26N6O5S2. The number of anilines is 2. The fourth-order valence-electron chi connectivity index (χ4n) is 2.83. The van der Waals surface area contributed by atoms with E-state index in [1.165, 1.54) is 13.3 Å². The molecule has 0 aromatic carbocycles. The first-order valence-electron chi connectivity index (χ1n) is 10.4. The number of rotatable bonds is 12. The highest BCUT2D eigenvalue weighted by molar-refractivity contribution is 7.93. The van der Waals surface area contributed by atoms with Crippen molar-refractivity contribution < 1.29 is 22.7 Å². The summed E-state index contributed by atoms with van der Waals surface area (Å²) in [5, 5.41) is 4.08. The molecule has 1 saturated carbocycles. The molecule has 1 unspecified atom stereocenters. The number of amides is 1. The number of carbonyl (C=O) groups excluding carboxylic acids is 1. The number of thiazole rings is 1. The molecule has 0 aliphatic heterocycles. The molecule has 34 heavy (non-hydrogen) atoms. The predicted octanol–water partition coefficient (Wildman–Crippen LogP) is 3.11. The Balaban J connectivity index is 1.66. The summed E-state index contributed by atoms with van der Waals surface area (Å²) in [6.45, 7) is 7.47. The highest BCUT2D eigenvalue weighted by Crippen LogP contribution is 2.31. The summed E-state index contributed by atoms with van der Waals surface area (Å²) in [5.41, 5.74) is 1.67. The second kappa shape index (κ2) is 11.3. The number of methoxy groups -OCH3 is 1. The minimum absolute atomic E-state index is 0.195. The van der Waals surface area contributed by atoms with Gasteiger partial charge in [0, 0.05) is 24.3 Å². The van der Waals surface area contributed by atoms with Crippen LogP contribution in [0.2, 0.25) is 0 Å². The van der Waals surface area contributed by atoms with Crippen molar-refractivity contribution in [2.75, 3.05) is 23.8 Å². The Labute approximate surface area is 202 Å². The van der Waals surface area contributed by atoms with Crippen LogP contribution in [0.5, 0.6) is 0 Å². The Morgan fingerprint density at radius 3 is 2.76 bits per heavy atom. The van der Waals surface area contributed by atoms with Gasteiger partial charge in [0.2, 0.25) is 15.9 Å². The van der Waals surface area contributed by atoms with Crippen LogP contribution in [0.15, 0.2) is 45.8 Å². The van der Waals surface area contributed by atoms with Crippen LogP contribution in [0, 0.1) is 0 Å². The van der Waals surface area contributed by atoms with Crippen molar-refractivity contribution in [3.8, 4) is 0 Å². The van der Waals surface area contributed by atoms with E-state index in [1.807, 2.05) is 6.92 Å². The van der Waals surface area contributed by atoms with Crippen LogP contribution in [-0.4, -0.2) is 55.7 Å². The van der Waals surface area contributed by atoms with Crippen molar-refractivity contribution in [3.63, 3.8) is 0 Å². The van der Waals surface area contributed by atoms with Gasteiger partial charge in [-0.15, -0.1) is 11.3 Å². The monoisotopic (exact) mass is 506 g/mol. The van der Waals surface area contributed by atoms with Crippen molar-refractivity contribution in [3.05, 3.63) is 47.1 Å². The highest BCUT2D eigenvalue weighted by Gasteiger charge is 2.36. The van der Waals surface area contributed by atoms with E-state index in [1.54, 1.807) is 30.6 Å². The standard InChI is InChI=1S/C21H26N6O5S2/c1-5-32-18(11-22-3)24-13(2)14-6-9-17(23-10-14)26-20(28)19(31-4)16-12-33-21(25-16)27-34(29,30)15-7-8-15/h6,9-12,15,19H,3,5,7-8H2,1-2,4H3,(H,25,27)(H,23,26,28)/b18-11+,24-13+. The second-order valence-electron chi connectivity index (χ2n) is 7.24. The van der Waals surface area contributed by atoms with Crippen molar-refractivity contribution in [1.29, 1.82) is 0 Å². The van der Waals surface area contributed by atoms with Gasteiger partial charge in [-0.2, -0.15) is 0 Å². The molecule has 2 heterocycles. The van der Waals surface area contributed by atoms with E-state index in [2.05, 4.69) is 36.7 Å². The minimum atomic E-state index is -3.44.